The smallest absolute Gasteiger partial charge is 0.0681 e. The molecule has 4 nitrogen and oxygen atoms in total. The second-order valence-electron chi connectivity index (χ2n) is 4.51. The maximum absolute atomic E-state index is 5.74. The summed E-state index contributed by atoms with van der Waals surface area (Å²) >= 11 is 1.74. The number of hydrogen-bond donors (Lipinski definition) is 2. The third-order valence-corrected chi connectivity index (χ3v) is 4.12. The van der Waals surface area contributed by atoms with Gasteiger partial charge < -0.3 is 0 Å². The van der Waals surface area contributed by atoms with Crippen molar-refractivity contribution in [2.75, 3.05) is 0 Å². The Bertz CT molecular complexity index is 646. The van der Waals surface area contributed by atoms with Crippen LogP contribution in [0.25, 0.3) is 5.69 Å². The minimum absolute atomic E-state index is 0.0383. The summed E-state index contributed by atoms with van der Waals surface area (Å²) in [6, 6.07) is 16.3. The highest BCUT2D eigenvalue weighted by Crippen LogP contribution is 2.22. The second-order valence-corrected chi connectivity index (χ2v) is 5.54. The lowest BCUT2D eigenvalue weighted by Crippen LogP contribution is -2.31. The van der Waals surface area contributed by atoms with Gasteiger partial charge in [0.25, 0.3) is 0 Å². The molecular weight excluding hydrogens is 268 g/mol. The van der Waals surface area contributed by atoms with E-state index in [0.29, 0.717) is 0 Å². The Labute approximate surface area is 121 Å². The number of aromatic nitrogens is 2. The van der Waals surface area contributed by atoms with Gasteiger partial charge in [-0.1, -0.05) is 24.3 Å². The molecule has 2 aromatic heterocycles. The van der Waals surface area contributed by atoms with E-state index in [4.69, 9.17) is 5.84 Å². The Balaban J connectivity index is 1.91. The third kappa shape index (κ3) is 2.65. The minimum Gasteiger partial charge on any atom is -0.271 e. The van der Waals surface area contributed by atoms with Crippen molar-refractivity contribution in [1.82, 2.24) is 15.2 Å². The van der Waals surface area contributed by atoms with Crippen molar-refractivity contribution in [3.05, 3.63) is 70.7 Å². The quantitative estimate of drug-likeness (QED) is 0.559. The summed E-state index contributed by atoms with van der Waals surface area (Å²) in [5.41, 5.74) is 5.00. The van der Waals surface area contributed by atoms with E-state index in [1.54, 1.807) is 17.5 Å². The number of hydrazine groups is 1. The van der Waals surface area contributed by atoms with Crippen molar-refractivity contribution >= 4 is 11.3 Å². The van der Waals surface area contributed by atoms with E-state index in [-0.39, 0.29) is 6.04 Å². The molecule has 0 saturated carbocycles. The van der Waals surface area contributed by atoms with Gasteiger partial charge in [0.15, 0.2) is 0 Å². The lowest BCUT2D eigenvalue weighted by molar-refractivity contribution is 0.525. The van der Waals surface area contributed by atoms with Crippen LogP contribution >= 0.6 is 11.3 Å². The molecule has 0 spiro atoms. The molecule has 1 aromatic carbocycles. The molecule has 3 N–H and O–H groups in total. The molecule has 0 aliphatic carbocycles. The maximum Gasteiger partial charge on any atom is 0.0681 e. The molecule has 0 amide bonds. The lowest BCUT2D eigenvalue weighted by atomic mass is 10.1. The zero-order valence-electron chi connectivity index (χ0n) is 10.9. The number of thiophene rings is 1. The van der Waals surface area contributed by atoms with Crippen molar-refractivity contribution in [1.29, 1.82) is 0 Å². The average Bonchev–Trinajstić information content (AvgIpc) is 3.17. The van der Waals surface area contributed by atoms with Crippen molar-refractivity contribution in [2.45, 2.75) is 12.5 Å². The molecule has 2 heterocycles. The zero-order valence-corrected chi connectivity index (χ0v) is 11.8. The second kappa shape index (κ2) is 6.00. The molecule has 0 radical (unpaired) electrons. The van der Waals surface area contributed by atoms with Gasteiger partial charge in [0, 0.05) is 17.5 Å². The number of benzene rings is 1. The highest BCUT2D eigenvalue weighted by Gasteiger charge is 2.16. The van der Waals surface area contributed by atoms with Gasteiger partial charge in [-0.05, 0) is 29.6 Å². The first-order valence-corrected chi connectivity index (χ1v) is 7.34. The van der Waals surface area contributed by atoms with Crippen LogP contribution in [0.15, 0.2) is 60.1 Å². The Hall–Kier alpha value is -1.95. The standard InChI is InChI=1S/C15H16N4S/c16-18-14(11-13-7-4-10-20-13)15-8-9-17-19(15)12-5-2-1-3-6-12/h1-10,14,18H,11,16H2. The molecule has 0 saturated heterocycles. The molecular formula is C15H16N4S. The van der Waals surface area contributed by atoms with Gasteiger partial charge in [0.05, 0.1) is 17.4 Å². The highest BCUT2D eigenvalue weighted by atomic mass is 32.1. The number of nitrogens with one attached hydrogen (secondary N) is 1. The van der Waals surface area contributed by atoms with Crippen LogP contribution in [-0.4, -0.2) is 9.78 Å². The summed E-state index contributed by atoms with van der Waals surface area (Å²) in [6.45, 7) is 0. The average molecular weight is 284 g/mol. The topological polar surface area (TPSA) is 55.9 Å². The Kier molecular flexibility index (Phi) is 3.92. The molecule has 102 valence electrons. The summed E-state index contributed by atoms with van der Waals surface area (Å²) in [4.78, 5) is 1.30. The molecule has 20 heavy (non-hydrogen) atoms. The Morgan fingerprint density at radius 1 is 1.15 bits per heavy atom. The van der Waals surface area contributed by atoms with E-state index in [0.717, 1.165) is 17.8 Å². The van der Waals surface area contributed by atoms with Crippen LogP contribution in [-0.2, 0) is 6.42 Å². The summed E-state index contributed by atoms with van der Waals surface area (Å²) in [5, 5.41) is 6.49. The molecule has 0 aliphatic heterocycles. The molecule has 1 atom stereocenters. The first-order chi connectivity index (χ1) is 9.88. The first-order valence-electron chi connectivity index (χ1n) is 6.46. The van der Waals surface area contributed by atoms with Gasteiger partial charge in [-0.2, -0.15) is 5.10 Å². The van der Waals surface area contributed by atoms with Crippen LogP contribution < -0.4 is 11.3 Å². The zero-order chi connectivity index (χ0) is 13.8. The number of nitrogens with two attached hydrogens (primary N) is 1. The third-order valence-electron chi connectivity index (χ3n) is 3.22. The minimum atomic E-state index is 0.0383. The Morgan fingerprint density at radius 2 is 2.00 bits per heavy atom. The van der Waals surface area contributed by atoms with Crippen LogP contribution in [0.4, 0.5) is 0 Å². The van der Waals surface area contributed by atoms with E-state index < -0.39 is 0 Å². The van der Waals surface area contributed by atoms with Gasteiger partial charge in [-0.3, -0.25) is 11.3 Å². The van der Waals surface area contributed by atoms with Crippen molar-refractivity contribution < 1.29 is 0 Å². The molecule has 3 aromatic rings. The lowest BCUT2D eigenvalue weighted by Gasteiger charge is -2.17. The van der Waals surface area contributed by atoms with Crippen LogP contribution in [0.3, 0.4) is 0 Å². The van der Waals surface area contributed by atoms with Crippen LogP contribution in [0.1, 0.15) is 16.6 Å². The van der Waals surface area contributed by atoms with Crippen LogP contribution in [0.5, 0.6) is 0 Å². The summed E-state index contributed by atoms with van der Waals surface area (Å²) < 4.78 is 1.93. The molecule has 5 heteroatoms. The fourth-order valence-electron chi connectivity index (χ4n) is 2.24. The van der Waals surface area contributed by atoms with Crippen molar-refractivity contribution in [3.63, 3.8) is 0 Å². The fourth-order valence-corrected chi connectivity index (χ4v) is 2.99. The highest BCUT2D eigenvalue weighted by molar-refractivity contribution is 7.09. The number of para-hydroxylation sites is 1. The number of hydrogen-bond acceptors (Lipinski definition) is 4. The van der Waals surface area contributed by atoms with E-state index in [1.807, 2.05) is 41.1 Å². The Morgan fingerprint density at radius 3 is 2.70 bits per heavy atom. The normalized spacial score (nSPS) is 12.4. The molecule has 0 aliphatic rings. The SMILES string of the molecule is NNC(Cc1cccs1)c1ccnn1-c1ccccc1. The van der Waals surface area contributed by atoms with Gasteiger partial charge in [0.2, 0.25) is 0 Å². The van der Waals surface area contributed by atoms with E-state index >= 15 is 0 Å². The summed E-state index contributed by atoms with van der Waals surface area (Å²) in [5.74, 6) is 5.74. The van der Waals surface area contributed by atoms with E-state index in [9.17, 15) is 0 Å². The van der Waals surface area contributed by atoms with Gasteiger partial charge in [0.1, 0.15) is 0 Å². The van der Waals surface area contributed by atoms with Gasteiger partial charge in [-0.15, -0.1) is 11.3 Å². The van der Waals surface area contributed by atoms with Crippen LogP contribution in [0.2, 0.25) is 0 Å². The van der Waals surface area contributed by atoms with E-state index in [2.05, 4.69) is 28.0 Å². The van der Waals surface area contributed by atoms with Crippen molar-refractivity contribution in [3.8, 4) is 5.69 Å². The molecule has 0 fully saturated rings. The predicted molar refractivity (Wildman–Crippen MR) is 81.7 cm³/mol. The largest absolute Gasteiger partial charge is 0.271 e. The molecule has 0 bridgehead atoms. The summed E-state index contributed by atoms with van der Waals surface area (Å²) in [6.07, 6.45) is 2.66. The maximum atomic E-state index is 5.74. The fraction of sp³-hybridized carbons (Fsp3) is 0.133. The monoisotopic (exact) mass is 284 g/mol. The number of rotatable bonds is 5. The molecule has 3 rings (SSSR count). The van der Waals surface area contributed by atoms with Crippen LogP contribution in [0, 0.1) is 0 Å². The summed E-state index contributed by atoms with van der Waals surface area (Å²) in [7, 11) is 0. The number of nitrogens with zero attached hydrogens (tertiary/aromatic N) is 2. The van der Waals surface area contributed by atoms with Gasteiger partial charge >= 0.3 is 0 Å². The van der Waals surface area contributed by atoms with Gasteiger partial charge in [-0.25, -0.2) is 4.68 Å². The van der Waals surface area contributed by atoms with E-state index in [1.165, 1.54) is 4.88 Å². The predicted octanol–water partition coefficient (Wildman–Crippen LogP) is 2.68. The molecule has 1 unspecified atom stereocenters. The van der Waals surface area contributed by atoms with Crippen molar-refractivity contribution in [2.24, 2.45) is 5.84 Å². The first kappa shape index (κ1) is 13.1.